The SMILES string of the molecule is CC(=O)[O-].CCCC[Si+](C)C. The number of carboxylic acid groups (broad SMARTS) is 1. The minimum atomic E-state index is -1.08. The van der Waals surface area contributed by atoms with Crippen molar-refractivity contribution in [2.24, 2.45) is 0 Å². The van der Waals surface area contributed by atoms with E-state index in [0.717, 1.165) is 6.92 Å². The molecular formula is C8H18O2Si. The van der Waals surface area contributed by atoms with Crippen molar-refractivity contribution >= 4 is 14.8 Å². The van der Waals surface area contributed by atoms with Crippen LogP contribution in [0.5, 0.6) is 0 Å². The molecule has 3 heteroatoms. The summed E-state index contributed by atoms with van der Waals surface area (Å²) in [7, 11) is 0.103. The first kappa shape index (κ1) is 13.3. The van der Waals surface area contributed by atoms with Gasteiger partial charge in [0.2, 0.25) is 0 Å². The summed E-state index contributed by atoms with van der Waals surface area (Å²) < 4.78 is 0. The maximum atomic E-state index is 8.89. The molecule has 66 valence electrons. The zero-order valence-electron chi connectivity index (χ0n) is 7.94. The fourth-order valence-corrected chi connectivity index (χ4v) is 1.59. The monoisotopic (exact) mass is 174 g/mol. The third-order valence-electron chi connectivity index (χ3n) is 1.03. The van der Waals surface area contributed by atoms with Gasteiger partial charge in [-0.1, -0.05) is 13.3 Å². The van der Waals surface area contributed by atoms with Crippen molar-refractivity contribution in [3.05, 3.63) is 0 Å². The van der Waals surface area contributed by atoms with E-state index < -0.39 is 5.97 Å². The highest BCUT2D eigenvalue weighted by Gasteiger charge is 2.07. The fourth-order valence-electron chi connectivity index (χ4n) is 0.530. The summed E-state index contributed by atoms with van der Waals surface area (Å²) in [6.07, 6.45) is 2.82. The lowest BCUT2D eigenvalue weighted by atomic mass is 10.4. The molecule has 0 saturated heterocycles. The number of hydrogen-bond acceptors (Lipinski definition) is 2. The van der Waals surface area contributed by atoms with Gasteiger partial charge in [0.15, 0.2) is 0 Å². The first-order valence-corrected chi connectivity index (χ1v) is 6.68. The molecule has 11 heavy (non-hydrogen) atoms. The van der Waals surface area contributed by atoms with Gasteiger partial charge in [-0.3, -0.25) is 0 Å². The lowest BCUT2D eigenvalue weighted by molar-refractivity contribution is -0.302. The molecule has 0 aromatic heterocycles. The number of rotatable bonds is 3. The van der Waals surface area contributed by atoms with E-state index in [4.69, 9.17) is 9.90 Å². The number of hydrogen-bond donors (Lipinski definition) is 0. The highest BCUT2D eigenvalue weighted by Crippen LogP contribution is 1.98. The van der Waals surface area contributed by atoms with Gasteiger partial charge in [0.25, 0.3) is 0 Å². The average Bonchev–Trinajstić information content (AvgIpc) is 1.82. The zero-order valence-corrected chi connectivity index (χ0v) is 8.94. The Morgan fingerprint density at radius 2 is 1.82 bits per heavy atom. The summed E-state index contributed by atoms with van der Waals surface area (Å²) in [5, 5.41) is 8.89. The van der Waals surface area contributed by atoms with Gasteiger partial charge in [0, 0.05) is 5.97 Å². The Morgan fingerprint density at radius 1 is 1.45 bits per heavy atom. The molecule has 2 nitrogen and oxygen atoms in total. The van der Waals surface area contributed by atoms with Crippen LogP contribution in [-0.2, 0) is 4.79 Å². The maximum absolute atomic E-state index is 8.89. The summed E-state index contributed by atoms with van der Waals surface area (Å²) in [6.45, 7) is 7.98. The minimum Gasteiger partial charge on any atom is -0.550 e. The van der Waals surface area contributed by atoms with Gasteiger partial charge in [-0.05, 0) is 13.3 Å². The van der Waals surface area contributed by atoms with E-state index in [9.17, 15) is 0 Å². The molecule has 0 aromatic rings. The second-order valence-electron chi connectivity index (χ2n) is 2.80. The first-order valence-electron chi connectivity index (χ1n) is 3.97. The van der Waals surface area contributed by atoms with Crippen LogP contribution in [0.1, 0.15) is 26.7 Å². The Labute approximate surface area is 71.2 Å². The molecule has 0 aliphatic rings. The predicted octanol–water partition coefficient (Wildman–Crippen LogP) is 1.30. The Balaban J connectivity index is 0. The van der Waals surface area contributed by atoms with E-state index in [2.05, 4.69) is 20.0 Å². The molecule has 0 rings (SSSR count). The molecule has 0 aliphatic heterocycles. The van der Waals surface area contributed by atoms with Crippen LogP contribution in [0, 0.1) is 0 Å². The molecule has 0 unspecified atom stereocenters. The quantitative estimate of drug-likeness (QED) is 0.605. The van der Waals surface area contributed by atoms with Crippen LogP contribution in [0.2, 0.25) is 19.1 Å². The van der Waals surface area contributed by atoms with Gasteiger partial charge >= 0.3 is 8.80 Å². The van der Waals surface area contributed by atoms with Gasteiger partial charge in [-0.15, -0.1) is 0 Å². The highest BCUT2D eigenvalue weighted by molar-refractivity contribution is 6.55. The van der Waals surface area contributed by atoms with E-state index >= 15 is 0 Å². The van der Waals surface area contributed by atoms with Crippen LogP contribution in [0.25, 0.3) is 0 Å². The van der Waals surface area contributed by atoms with Crippen LogP contribution in [0.15, 0.2) is 0 Å². The van der Waals surface area contributed by atoms with E-state index in [0.29, 0.717) is 0 Å². The lowest BCUT2D eigenvalue weighted by Crippen LogP contribution is -2.16. The van der Waals surface area contributed by atoms with E-state index in [1.54, 1.807) is 0 Å². The van der Waals surface area contributed by atoms with Crippen molar-refractivity contribution in [1.29, 1.82) is 0 Å². The zero-order chi connectivity index (χ0) is 9.28. The molecule has 0 saturated carbocycles. The van der Waals surface area contributed by atoms with E-state index in [-0.39, 0.29) is 8.80 Å². The average molecular weight is 174 g/mol. The normalized spacial score (nSPS) is 8.00. The molecule has 0 atom stereocenters. The summed E-state index contributed by atoms with van der Waals surface area (Å²) >= 11 is 0. The van der Waals surface area contributed by atoms with Crippen LogP contribution in [0.3, 0.4) is 0 Å². The molecular weight excluding hydrogens is 156 g/mol. The molecule has 0 fully saturated rings. The summed E-state index contributed by atoms with van der Waals surface area (Å²) in [6, 6.07) is 1.50. The third kappa shape index (κ3) is 42.1. The van der Waals surface area contributed by atoms with Gasteiger partial charge in [-0.25, -0.2) is 0 Å². The smallest absolute Gasteiger partial charge is 0.307 e. The summed E-state index contributed by atoms with van der Waals surface area (Å²) in [4.78, 5) is 8.89. The predicted molar refractivity (Wildman–Crippen MR) is 47.9 cm³/mol. The minimum absolute atomic E-state index is 0.103. The van der Waals surface area contributed by atoms with Crippen LogP contribution in [-0.4, -0.2) is 14.8 Å². The molecule has 0 amide bonds. The van der Waals surface area contributed by atoms with Gasteiger partial charge in [-0.2, -0.15) is 0 Å². The highest BCUT2D eigenvalue weighted by atomic mass is 28.3. The molecule has 0 spiro atoms. The topological polar surface area (TPSA) is 40.1 Å². The van der Waals surface area contributed by atoms with Crippen LogP contribution < -0.4 is 5.11 Å². The molecule has 0 heterocycles. The molecule has 0 bridgehead atoms. The van der Waals surface area contributed by atoms with Crippen molar-refractivity contribution < 1.29 is 9.90 Å². The van der Waals surface area contributed by atoms with Crippen LogP contribution >= 0.6 is 0 Å². The maximum Gasteiger partial charge on any atom is 0.307 e. The Bertz CT molecular complexity index is 88.1. The second kappa shape index (κ2) is 9.69. The third-order valence-corrected chi connectivity index (χ3v) is 2.38. The number of carbonyl (C=O) groups excluding carboxylic acids is 1. The number of carboxylic acids is 1. The standard InChI is InChI=1S/C6H15Si.C2H4O2/c1-4-5-6-7(2)3;1-2(3)4/h4-6H2,1-3H3;1H3,(H,3,4)/q+1;/p-1. The van der Waals surface area contributed by atoms with E-state index in [1.165, 1.54) is 18.9 Å². The number of carbonyl (C=O) groups is 1. The number of aliphatic carboxylic acids is 1. The van der Waals surface area contributed by atoms with Crippen molar-refractivity contribution in [3.8, 4) is 0 Å². The van der Waals surface area contributed by atoms with Gasteiger partial charge in [0.1, 0.15) is 0 Å². The molecule has 0 N–H and O–H groups in total. The van der Waals surface area contributed by atoms with Crippen molar-refractivity contribution in [1.82, 2.24) is 0 Å². The lowest BCUT2D eigenvalue weighted by Gasteiger charge is -1.84. The van der Waals surface area contributed by atoms with Gasteiger partial charge < -0.3 is 9.90 Å². The molecule has 0 aromatic carbocycles. The summed E-state index contributed by atoms with van der Waals surface area (Å²) in [5.74, 6) is -1.08. The molecule has 0 aliphatic carbocycles. The van der Waals surface area contributed by atoms with Crippen LogP contribution in [0.4, 0.5) is 0 Å². The van der Waals surface area contributed by atoms with Crippen molar-refractivity contribution in [3.63, 3.8) is 0 Å². The van der Waals surface area contributed by atoms with E-state index in [1.807, 2.05) is 0 Å². The Morgan fingerprint density at radius 3 is 1.91 bits per heavy atom. The van der Waals surface area contributed by atoms with Crippen molar-refractivity contribution in [2.45, 2.75) is 45.8 Å². The summed E-state index contributed by atoms with van der Waals surface area (Å²) in [5.41, 5.74) is 0. The first-order chi connectivity index (χ1) is 5.00. The largest absolute Gasteiger partial charge is 0.550 e. The van der Waals surface area contributed by atoms with Crippen molar-refractivity contribution in [2.75, 3.05) is 0 Å². The Hall–Kier alpha value is -0.313. The number of unbranched alkanes of at least 4 members (excludes halogenated alkanes) is 1. The second-order valence-corrected chi connectivity index (χ2v) is 5.72. The fraction of sp³-hybridized carbons (Fsp3) is 0.875. The Kier molecular flexibility index (Phi) is 11.7. The molecule has 0 radical (unpaired) electrons. The van der Waals surface area contributed by atoms with Gasteiger partial charge in [0.05, 0.1) is 19.1 Å².